The molecule has 2 aromatic rings. The van der Waals surface area contributed by atoms with Crippen molar-refractivity contribution in [2.45, 2.75) is 20.0 Å². The third-order valence-corrected chi connectivity index (χ3v) is 2.90. The van der Waals surface area contributed by atoms with Gasteiger partial charge < -0.3 is 10.3 Å². The summed E-state index contributed by atoms with van der Waals surface area (Å²) in [7, 11) is 0. The minimum Gasteiger partial charge on any atom is -0.326 e. The molecule has 2 rings (SSSR count). The van der Waals surface area contributed by atoms with Crippen LogP contribution in [0.3, 0.4) is 0 Å². The Morgan fingerprint density at radius 3 is 2.83 bits per heavy atom. The van der Waals surface area contributed by atoms with E-state index in [4.69, 9.17) is 5.73 Å². The van der Waals surface area contributed by atoms with Gasteiger partial charge in [0.15, 0.2) is 0 Å². The molecule has 3 nitrogen and oxygen atoms in total. The van der Waals surface area contributed by atoms with Gasteiger partial charge in [0, 0.05) is 23.9 Å². The Bertz CT molecular complexity index is 619. The monoisotopic (exact) mass is 246 g/mol. The van der Waals surface area contributed by atoms with Crippen molar-refractivity contribution in [1.29, 1.82) is 0 Å². The minimum atomic E-state index is -0.319. The smallest absolute Gasteiger partial charge is 0.253 e. The fourth-order valence-corrected chi connectivity index (χ4v) is 1.84. The molecule has 1 heterocycles. The van der Waals surface area contributed by atoms with E-state index < -0.39 is 0 Å². The van der Waals surface area contributed by atoms with Gasteiger partial charge >= 0.3 is 0 Å². The van der Waals surface area contributed by atoms with Crippen molar-refractivity contribution in [3.63, 3.8) is 0 Å². The molecule has 18 heavy (non-hydrogen) atoms. The molecule has 0 saturated heterocycles. The highest BCUT2D eigenvalue weighted by Gasteiger charge is 2.06. The second-order valence-corrected chi connectivity index (χ2v) is 4.25. The third kappa shape index (κ3) is 2.49. The van der Waals surface area contributed by atoms with E-state index in [0.717, 1.165) is 5.56 Å². The van der Waals surface area contributed by atoms with Crippen LogP contribution in [0.1, 0.15) is 16.7 Å². The first-order valence-electron chi connectivity index (χ1n) is 5.75. The molecule has 0 unspecified atom stereocenters. The number of aryl methyl sites for hydroxylation is 1. The second-order valence-electron chi connectivity index (χ2n) is 4.25. The Hall–Kier alpha value is -1.94. The summed E-state index contributed by atoms with van der Waals surface area (Å²) < 4.78 is 15.2. The summed E-state index contributed by atoms with van der Waals surface area (Å²) in [5.74, 6) is -0.319. The van der Waals surface area contributed by atoms with Crippen LogP contribution < -0.4 is 11.3 Å². The van der Waals surface area contributed by atoms with Gasteiger partial charge in [-0.15, -0.1) is 0 Å². The number of benzene rings is 1. The van der Waals surface area contributed by atoms with Crippen LogP contribution in [0.4, 0.5) is 4.39 Å². The fraction of sp³-hybridized carbons (Fsp3) is 0.214. The number of pyridine rings is 1. The van der Waals surface area contributed by atoms with E-state index >= 15 is 0 Å². The number of nitrogens with zero attached hydrogens (tertiary/aromatic N) is 1. The summed E-state index contributed by atoms with van der Waals surface area (Å²) in [4.78, 5) is 11.9. The summed E-state index contributed by atoms with van der Waals surface area (Å²) >= 11 is 0. The molecule has 2 N–H and O–H groups in total. The van der Waals surface area contributed by atoms with Gasteiger partial charge in [-0.3, -0.25) is 4.79 Å². The van der Waals surface area contributed by atoms with Gasteiger partial charge in [-0.1, -0.05) is 12.1 Å². The molecule has 0 atom stereocenters. The molecule has 0 fully saturated rings. The molecule has 0 spiro atoms. The predicted octanol–water partition coefficient (Wildman–Crippen LogP) is 1.80. The highest BCUT2D eigenvalue weighted by molar-refractivity contribution is 5.25. The molecular formula is C14H15FN2O. The number of hydrogen-bond donors (Lipinski definition) is 1. The quantitative estimate of drug-likeness (QED) is 0.897. The van der Waals surface area contributed by atoms with Crippen molar-refractivity contribution in [2.75, 3.05) is 0 Å². The van der Waals surface area contributed by atoms with Gasteiger partial charge in [-0.05, 0) is 30.7 Å². The molecule has 0 amide bonds. The van der Waals surface area contributed by atoms with Gasteiger partial charge in [0.2, 0.25) is 0 Å². The van der Waals surface area contributed by atoms with Crippen LogP contribution in [-0.4, -0.2) is 4.57 Å². The Balaban J connectivity index is 2.39. The van der Waals surface area contributed by atoms with E-state index in [1.54, 1.807) is 37.4 Å². The zero-order chi connectivity index (χ0) is 13.1. The number of rotatable bonds is 3. The largest absolute Gasteiger partial charge is 0.326 e. The van der Waals surface area contributed by atoms with E-state index in [1.165, 1.54) is 10.6 Å². The first kappa shape index (κ1) is 12.5. The molecule has 0 aliphatic rings. The van der Waals surface area contributed by atoms with Crippen LogP contribution >= 0.6 is 0 Å². The Kier molecular flexibility index (Phi) is 3.58. The number of halogens is 1. The van der Waals surface area contributed by atoms with Crippen molar-refractivity contribution in [1.82, 2.24) is 4.57 Å². The maximum absolute atomic E-state index is 13.7. The summed E-state index contributed by atoms with van der Waals surface area (Å²) in [5, 5.41) is 0. The lowest BCUT2D eigenvalue weighted by atomic mass is 10.1. The van der Waals surface area contributed by atoms with Gasteiger partial charge in [-0.2, -0.15) is 0 Å². The summed E-state index contributed by atoms with van der Waals surface area (Å²) in [6.45, 7) is 2.32. The van der Waals surface area contributed by atoms with Crippen molar-refractivity contribution in [3.8, 4) is 0 Å². The molecule has 1 aromatic carbocycles. The highest BCUT2D eigenvalue weighted by atomic mass is 19.1. The summed E-state index contributed by atoms with van der Waals surface area (Å²) in [6.07, 6.45) is 1.66. The van der Waals surface area contributed by atoms with Gasteiger partial charge in [0.25, 0.3) is 5.56 Å². The van der Waals surface area contributed by atoms with Gasteiger partial charge in [0.1, 0.15) is 5.82 Å². The van der Waals surface area contributed by atoms with Crippen LogP contribution in [0.5, 0.6) is 0 Å². The van der Waals surface area contributed by atoms with Crippen molar-refractivity contribution >= 4 is 0 Å². The van der Waals surface area contributed by atoms with E-state index in [9.17, 15) is 9.18 Å². The van der Waals surface area contributed by atoms with E-state index in [1.807, 2.05) is 0 Å². The zero-order valence-electron chi connectivity index (χ0n) is 10.2. The normalized spacial score (nSPS) is 10.6. The fourth-order valence-electron chi connectivity index (χ4n) is 1.84. The average Bonchev–Trinajstić information content (AvgIpc) is 2.37. The van der Waals surface area contributed by atoms with E-state index in [-0.39, 0.29) is 17.9 Å². The Morgan fingerprint density at radius 2 is 2.11 bits per heavy atom. The molecule has 0 aliphatic heterocycles. The van der Waals surface area contributed by atoms with E-state index in [0.29, 0.717) is 17.7 Å². The second kappa shape index (κ2) is 5.14. The Morgan fingerprint density at radius 1 is 1.33 bits per heavy atom. The van der Waals surface area contributed by atoms with E-state index in [2.05, 4.69) is 0 Å². The zero-order valence-corrected chi connectivity index (χ0v) is 10.2. The molecule has 4 heteroatoms. The molecule has 0 saturated carbocycles. The van der Waals surface area contributed by atoms with Crippen LogP contribution in [0.25, 0.3) is 0 Å². The maximum atomic E-state index is 13.7. The first-order chi connectivity index (χ1) is 8.61. The lowest BCUT2D eigenvalue weighted by Gasteiger charge is -2.09. The van der Waals surface area contributed by atoms with Crippen LogP contribution in [-0.2, 0) is 13.1 Å². The highest BCUT2D eigenvalue weighted by Crippen LogP contribution is 2.11. The van der Waals surface area contributed by atoms with Crippen LogP contribution in [0.15, 0.2) is 41.3 Å². The molecule has 94 valence electrons. The van der Waals surface area contributed by atoms with Crippen molar-refractivity contribution in [3.05, 3.63) is 69.4 Å². The van der Waals surface area contributed by atoms with Gasteiger partial charge in [-0.25, -0.2) is 4.39 Å². The van der Waals surface area contributed by atoms with Crippen molar-refractivity contribution in [2.24, 2.45) is 5.73 Å². The molecule has 1 aromatic heterocycles. The summed E-state index contributed by atoms with van der Waals surface area (Å²) in [5.41, 5.74) is 7.40. The standard InChI is InChI=1S/C14H15FN2O/c1-10-3-2-6-17(14(10)18)9-12-7-11(8-16)4-5-13(12)15/h2-7H,8-9,16H2,1H3. The molecular weight excluding hydrogens is 231 g/mol. The SMILES string of the molecule is Cc1cccn(Cc2cc(CN)ccc2F)c1=O. The van der Waals surface area contributed by atoms with Crippen LogP contribution in [0, 0.1) is 12.7 Å². The lowest BCUT2D eigenvalue weighted by molar-refractivity contribution is 0.594. The average molecular weight is 246 g/mol. The van der Waals surface area contributed by atoms with Crippen LogP contribution in [0.2, 0.25) is 0 Å². The maximum Gasteiger partial charge on any atom is 0.253 e. The summed E-state index contributed by atoms with van der Waals surface area (Å²) in [6, 6.07) is 8.26. The molecule has 0 aliphatic carbocycles. The number of hydrogen-bond acceptors (Lipinski definition) is 2. The topological polar surface area (TPSA) is 48.0 Å². The number of nitrogens with two attached hydrogens (primary N) is 1. The lowest BCUT2D eigenvalue weighted by Crippen LogP contribution is -2.22. The van der Waals surface area contributed by atoms with Crippen molar-refractivity contribution < 1.29 is 4.39 Å². The third-order valence-electron chi connectivity index (χ3n) is 2.90. The Labute approximate surface area is 105 Å². The molecule has 0 radical (unpaired) electrons. The van der Waals surface area contributed by atoms with Gasteiger partial charge in [0.05, 0.1) is 6.54 Å². The first-order valence-corrected chi connectivity index (χ1v) is 5.75. The molecule has 0 bridgehead atoms. The minimum absolute atomic E-state index is 0.102. The number of aromatic nitrogens is 1. The predicted molar refractivity (Wildman–Crippen MR) is 68.8 cm³/mol.